The van der Waals surface area contributed by atoms with Crippen LogP contribution in [0.1, 0.15) is 26.7 Å². The van der Waals surface area contributed by atoms with Crippen LogP contribution in [0.2, 0.25) is 0 Å². The lowest BCUT2D eigenvalue weighted by Crippen LogP contribution is -2.26. The van der Waals surface area contributed by atoms with Crippen molar-refractivity contribution in [2.75, 3.05) is 19.6 Å². The second-order valence-electron chi connectivity index (χ2n) is 3.94. The fraction of sp³-hybridized carbons (Fsp3) is 0.900. The number of nitrogens with zero attached hydrogens (tertiary/aromatic N) is 1. The molecule has 0 aliphatic carbocycles. The SMILES string of the molecule is CCC1CCN(CC(C)C=O)C1. The van der Waals surface area contributed by atoms with Gasteiger partial charge in [0.15, 0.2) is 0 Å². The molecule has 0 saturated carbocycles. The van der Waals surface area contributed by atoms with Crippen molar-refractivity contribution in [1.82, 2.24) is 4.90 Å². The number of likely N-dealkylation sites (tertiary alicyclic amines) is 1. The van der Waals surface area contributed by atoms with Crippen LogP contribution in [0.15, 0.2) is 0 Å². The Morgan fingerprint density at radius 2 is 2.42 bits per heavy atom. The molecule has 1 heterocycles. The lowest BCUT2D eigenvalue weighted by molar-refractivity contribution is -0.111. The molecule has 12 heavy (non-hydrogen) atoms. The average molecular weight is 169 g/mol. The first-order valence-corrected chi connectivity index (χ1v) is 4.94. The highest BCUT2D eigenvalue weighted by molar-refractivity contribution is 5.53. The minimum Gasteiger partial charge on any atom is -0.303 e. The highest BCUT2D eigenvalue weighted by Crippen LogP contribution is 2.19. The van der Waals surface area contributed by atoms with Gasteiger partial charge in [-0.3, -0.25) is 0 Å². The summed E-state index contributed by atoms with van der Waals surface area (Å²) in [5.74, 6) is 1.09. The van der Waals surface area contributed by atoms with Gasteiger partial charge in [0.1, 0.15) is 6.29 Å². The van der Waals surface area contributed by atoms with Crippen LogP contribution in [0.4, 0.5) is 0 Å². The molecule has 0 amide bonds. The number of hydrogen-bond donors (Lipinski definition) is 0. The van der Waals surface area contributed by atoms with Crippen LogP contribution in [0.5, 0.6) is 0 Å². The van der Waals surface area contributed by atoms with E-state index in [2.05, 4.69) is 11.8 Å². The molecule has 1 aliphatic rings. The topological polar surface area (TPSA) is 20.3 Å². The van der Waals surface area contributed by atoms with Crippen LogP contribution in [-0.4, -0.2) is 30.8 Å². The van der Waals surface area contributed by atoms with Crippen molar-refractivity contribution in [2.24, 2.45) is 11.8 Å². The monoisotopic (exact) mass is 169 g/mol. The van der Waals surface area contributed by atoms with Gasteiger partial charge in [-0.1, -0.05) is 20.3 Å². The van der Waals surface area contributed by atoms with Gasteiger partial charge in [0.05, 0.1) is 0 Å². The Hall–Kier alpha value is -0.370. The van der Waals surface area contributed by atoms with E-state index >= 15 is 0 Å². The molecular formula is C10H19NO. The van der Waals surface area contributed by atoms with Crippen molar-refractivity contribution in [2.45, 2.75) is 26.7 Å². The number of aldehydes is 1. The fourth-order valence-electron chi connectivity index (χ4n) is 1.86. The average Bonchev–Trinajstić information content (AvgIpc) is 2.52. The van der Waals surface area contributed by atoms with E-state index in [9.17, 15) is 4.79 Å². The number of hydrogen-bond acceptors (Lipinski definition) is 2. The molecule has 2 unspecified atom stereocenters. The molecule has 0 spiro atoms. The molecule has 0 bridgehead atoms. The van der Waals surface area contributed by atoms with E-state index in [1.165, 1.54) is 25.9 Å². The smallest absolute Gasteiger partial charge is 0.124 e. The second kappa shape index (κ2) is 4.61. The van der Waals surface area contributed by atoms with Crippen molar-refractivity contribution in [3.05, 3.63) is 0 Å². The minimum absolute atomic E-state index is 0.209. The lowest BCUT2D eigenvalue weighted by atomic mass is 10.1. The predicted octanol–water partition coefficient (Wildman–Crippen LogP) is 1.55. The van der Waals surface area contributed by atoms with Crippen LogP contribution < -0.4 is 0 Å². The van der Waals surface area contributed by atoms with E-state index in [1.54, 1.807) is 0 Å². The molecule has 1 fully saturated rings. The zero-order valence-electron chi connectivity index (χ0n) is 8.12. The van der Waals surface area contributed by atoms with Crippen LogP contribution >= 0.6 is 0 Å². The molecule has 1 saturated heterocycles. The molecule has 1 aliphatic heterocycles. The van der Waals surface area contributed by atoms with Gasteiger partial charge in [0.25, 0.3) is 0 Å². The highest BCUT2D eigenvalue weighted by atomic mass is 16.1. The van der Waals surface area contributed by atoms with Crippen molar-refractivity contribution < 1.29 is 4.79 Å². The standard InChI is InChI=1S/C10H19NO/c1-3-10-4-5-11(7-10)6-9(2)8-12/h8-10H,3-7H2,1-2H3. The summed E-state index contributed by atoms with van der Waals surface area (Å²) >= 11 is 0. The summed E-state index contributed by atoms with van der Waals surface area (Å²) in [6.07, 6.45) is 3.66. The highest BCUT2D eigenvalue weighted by Gasteiger charge is 2.21. The maximum Gasteiger partial charge on any atom is 0.124 e. The lowest BCUT2D eigenvalue weighted by Gasteiger charge is -2.16. The molecule has 0 aromatic heterocycles. The third kappa shape index (κ3) is 2.59. The van der Waals surface area contributed by atoms with Gasteiger partial charge in [-0.05, 0) is 18.9 Å². The van der Waals surface area contributed by atoms with Crippen molar-refractivity contribution >= 4 is 6.29 Å². The number of carbonyl (C=O) groups excluding carboxylic acids is 1. The van der Waals surface area contributed by atoms with E-state index in [0.29, 0.717) is 0 Å². The van der Waals surface area contributed by atoms with Crippen LogP contribution in [-0.2, 0) is 4.79 Å². The molecule has 2 atom stereocenters. The maximum absolute atomic E-state index is 10.4. The third-order valence-corrected chi connectivity index (χ3v) is 2.73. The van der Waals surface area contributed by atoms with E-state index in [0.717, 1.165) is 18.7 Å². The molecule has 70 valence electrons. The molecule has 2 heteroatoms. The first kappa shape index (κ1) is 9.72. The largest absolute Gasteiger partial charge is 0.303 e. The first-order chi connectivity index (χ1) is 5.76. The van der Waals surface area contributed by atoms with E-state index in [1.807, 2.05) is 6.92 Å². The molecular weight excluding hydrogens is 150 g/mol. The van der Waals surface area contributed by atoms with E-state index < -0.39 is 0 Å². The second-order valence-corrected chi connectivity index (χ2v) is 3.94. The minimum atomic E-state index is 0.209. The van der Waals surface area contributed by atoms with Gasteiger partial charge >= 0.3 is 0 Å². The molecule has 0 radical (unpaired) electrons. The zero-order chi connectivity index (χ0) is 8.97. The Kier molecular flexibility index (Phi) is 3.73. The number of rotatable bonds is 4. The summed E-state index contributed by atoms with van der Waals surface area (Å²) in [4.78, 5) is 12.8. The summed E-state index contributed by atoms with van der Waals surface area (Å²) < 4.78 is 0. The normalized spacial score (nSPS) is 27.3. The van der Waals surface area contributed by atoms with E-state index in [-0.39, 0.29) is 5.92 Å². The first-order valence-electron chi connectivity index (χ1n) is 4.94. The van der Waals surface area contributed by atoms with E-state index in [4.69, 9.17) is 0 Å². The fourth-order valence-corrected chi connectivity index (χ4v) is 1.86. The summed E-state index contributed by atoms with van der Waals surface area (Å²) in [5.41, 5.74) is 0. The quantitative estimate of drug-likeness (QED) is 0.595. The Morgan fingerprint density at radius 3 is 2.92 bits per heavy atom. The molecule has 0 N–H and O–H groups in total. The Balaban J connectivity index is 2.23. The van der Waals surface area contributed by atoms with Gasteiger partial charge in [-0.25, -0.2) is 0 Å². The van der Waals surface area contributed by atoms with Crippen molar-refractivity contribution in [3.63, 3.8) is 0 Å². The molecule has 1 rings (SSSR count). The Bertz CT molecular complexity index is 147. The van der Waals surface area contributed by atoms with Gasteiger partial charge in [-0.2, -0.15) is 0 Å². The van der Waals surface area contributed by atoms with Crippen LogP contribution in [0.3, 0.4) is 0 Å². The predicted molar refractivity (Wildman–Crippen MR) is 50.1 cm³/mol. The van der Waals surface area contributed by atoms with Crippen molar-refractivity contribution in [3.8, 4) is 0 Å². The summed E-state index contributed by atoms with van der Waals surface area (Å²) in [5, 5.41) is 0. The zero-order valence-corrected chi connectivity index (χ0v) is 8.12. The van der Waals surface area contributed by atoms with Gasteiger partial charge in [-0.15, -0.1) is 0 Å². The molecule has 2 nitrogen and oxygen atoms in total. The summed E-state index contributed by atoms with van der Waals surface area (Å²) in [7, 11) is 0. The van der Waals surface area contributed by atoms with Crippen LogP contribution in [0, 0.1) is 11.8 Å². The van der Waals surface area contributed by atoms with Crippen molar-refractivity contribution in [1.29, 1.82) is 0 Å². The van der Waals surface area contributed by atoms with Crippen LogP contribution in [0.25, 0.3) is 0 Å². The molecule has 0 aromatic carbocycles. The molecule has 0 aromatic rings. The summed E-state index contributed by atoms with van der Waals surface area (Å²) in [6.45, 7) is 7.59. The number of carbonyl (C=O) groups is 1. The summed E-state index contributed by atoms with van der Waals surface area (Å²) in [6, 6.07) is 0. The Morgan fingerprint density at radius 1 is 1.67 bits per heavy atom. The maximum atomic E-state index is 10.4. The van der Waals surface area contributed by atoms with Gasteiger partial charge in [0, 0.05) is 19.0 Å². The van der Waals surface area contributed by atoms with Gasteiger partial charge < -0.3 is 9.69 Å². The third-order valence-electron chi connectivity index (χ3n) is 2.73. The van der Waals surface area contributed by atoms with Gasteiger partial charge in [0.2, 0.25) is 0 Å². The Labute approximate surface area is 74.9 Å².